The van der Waals surface area contributed by atoms with Crippen molar-refractivity contribution >= 4 is 27.5 Å². The summed E-state index contributed by atoms with van der Waals surface area (Å²) < 4.78 is 12.1. The van der Waals surface area contributed by atoms with Crippen molar-refractivity contribution in [3.63, 3.8) is 0 Å². The Hall–Kier alpha value is -1.89. The fraction of sp³-hybridized carbons (Fsp3) is 0.458. The van der Waals surface area contributed by atoms with Gasteiger partial charge in [0.2, 0.25) is 5.91 Å². The number of nitrogens with zero attached hydrogens (tertiary/aromatic N) is 2. The maximum atomic E-state index is 13.7. The summed E-state index contributed by atoms with van der Waals surface area (Å²) in [6.45, 7) is 5.24. The number of ether oxygens (including phenoxy) is 2. The van der Waals surface area contributed by atoms with Gasteiger partial charge < -0.3 is 19.3 Å². The maximum Gasteiger partial charge on any atom is 0.233 e. The van der Waals surface area contributed by atoms with Crippen molar-refractivity contribution < 1.29 is 14.3 Å². The number of halogens is 1. The molecule has 2 aromatic carbocycles. The molecule has 160 valence electrons. The number of hydrogen-bond donors (Lipinski definition) is 0. The minimum atomic E-state index is -0.512. The standard InChI is InChI=1S/C24H29BrN2O3/c1-26(18-19-2-8-22(9-3-19)27-12-16-30-17-13-27)23(28)24(10-14-29-15-11-24)20-4-6-21(25)7-5-20/h2-9H,10-18H2,1H3. The van der Waals surface area contributed by atoms with E-state index in [0.29, 0.717) is 32.6 Å². The van der Waals surface area contributed by atoms with Crippen molar-refractivity contribution in [1.29, 1.82) is 0 Å². The van der Waals surface area contributed by atoms with Crippen molar-refractivity contribution in [3.05, 3.63) is 64.1 Å². The van der Waals surface area contributed by atoms with Gasteiger partial charge in [-0.15, -0.1) is 0 Å². The van der Waals surface area contributed by atoms with Crippen LogP contribution in [0.3, 0.4) is 0 Å². The summed E-state index contributed by atoms with van der Waals surface area (Å²) in [5, 5.41) is 0. The van der Waals surface area contributed by atoms with Gasteiger partial charge >= 0.3 is 0 Å². The van der Waals surface area contributed by atoms with Gasteiger partial charge in [0.15, 0.2) is 0 Å². The molecule has 2 heterocycles. The summed E-state index contributed by atoms with van der Waals surface area (Å²) in [6, 6.07) is 16.7. The molecule has 4 rings (SSSR count). The SMILES string of the molecule is CN(Cc1ccc(N2CCOCC2)cc1)C(=O)C1(c2ccc(Br)cc2)CCOCC1. The summed E-state index contributed by atoms with van der Waals surface area (Å²) in [7, 11) is 1.91. The fourth-order valence-corrected chi connectivity index (χ4v) is 4.72. The van der Waals surface area contributed by atoms with Crippen LogP contribution in [0.1, 0.15) is 24.0 Å². The first-order chi connectivity index (χ1) is 14.6. The van der Waals surface area contributed by atoms with Crippen molar-refractivity contribution in [2.75, 3.05) is 51.5 Å². The van der Waals surface area contributed by atoms with E-state index in [2.05, 4.69) is 57.2 Å². The lowest BCUT2D eigenvalue weighted by molar-refractivity contribution is -0.140. The molecule has 0 unspecified atom stereocenters. The highest BCUT2D eigenvalue weighted by atomic mass is 79.9. The van der Waals surface area contributed by atoms with Crippen LogP contribution in [0.2, 0.25) is 0 Å². The van der Waals surface area contributed by atoms with Gasteiger partial charge in [0.1, 0.15) is 0 Å². The molecule has 2 aliphatic rings. The molecule has 0 radical (unpaired) electrons. The Bertz CT molecular complexity index is 842. The maximum absolute atomic E-state index is 13.7. The van der Waals surface area contributed by atoms with E-state index >= 15 is 0 Å². The number of hydrogen-bond acceptors (Lipinski definition) is 4. The smallest absolute Gasteiger partial charge is 0.233 e. The second-order valence-electron chi connectivity index (χ2n) is 8.13. The van der Waals surface area contributed by atoms with Crippen LogP contribution in [0.25, 0.3) is 0 Å². The van der Waals surface area contributed by atoms with E-state index < -0.39 is 5.41 Å². The number of anilines is 1. The van der Waals surface area contributed by atoms with Gasteiger partial charge in [-0.25, -0.2) is 0 Å². The zero-order chi connectivity index (χ0) is 21.0. The van der Waals surface area contributed by atoms with Gasteiger partial charge in [-0.05, 0) is 48.2 Å². The molecule has 2 saturated heterocycles. The predicted octanol–water partition coefficient (Wildman–Crippen LogP) is 3.99. The third-order valence-corrected chi connectivity index (χ3v) is 6.76. The zero-order valence-corrected chi connectivity index (χ0v) is 19.1. The monoisotopic (exact) mass is 472 g/mol. The molecule has 0 aromatic heterocycles. The third kappa shape index (κ3) is 4.56. The Morgan fingerprint density at radius 2 is 1.57 bits per heavy atom. The molecule has 1 amide bonds. The molecule has 30 heavy (non-hydrogen) atoms. The fourth-order valence-electron chi connectivity index (χ4n) is 4.46. The van der Waals surface area contributed by atoms with Gasteiger partial charge in [0, 0.05) is 50.1 Å². The van der Waals surface area contributed by atoms with Crippen molar-refractivity contribution in [1.82, 2.24) is 4.90 Å². The average Bonchev–Trinajstić information content (AvgIpc) is 2.80. The Labute approximate surface area is 187 Å². The number of rotatable bonds is 5. The van der Waals surface area contributed by atoms with Gasteiger partial charge in [-0.3, -0.25) is 4.79 Å². The molecular weight excluding hydrogens is 444 g/mol. The number of carbonyl (C=O) groups is 1. The molecule has 0 atom stereocenters. The lowest BCUT2D eigenvalue weighted by atomic mass is 9.73. The van der Waals surface area contributed by atoms with Gasteiger partial charge in [0.05, 0.1) is 18.6 Å². The minimum absolute atomic E-state index is 0.172. The van der Waals surface area contributed by atoms with Crippen molar-refractivity contribution in [2.45, 2.75) is 24.8 Å². The van der Waals surface area contributed by atoms with Crippen molar-refractivity contribution in [2.24, 2.45) is 0 Å². The summed E-state index contributed by atoms with van der Waals surface area (Å²) in [5.74, 6) is 0.172. The minimum Gasteiger partial charge on any atom is -0.381 e. The first-order valence-corrected chi connectivity index (χ1v) is 11.4. The van der Waals surface area contributed by atoms with Gasteiger partial charge in [0.25, 0.3) is 0 Å². The van der Waals surface area contributed by atoms with Crippen LogP contribution < -0.4 is 4.90 Å². The van der Waals surface area contributed by atoms with E-state index in [1.165, 1.54) is 5.69 Å². The predicted molar refractivity (Wildman–Crippen MR) is 122 cm³/mol. The van der Waals surface area contributed by atoms with E-state index in [1.54, 1.807) is 0 Å². The number of carbonyl (C=O) groups excluding carboxylic acids is 1. The van der Waals surface area contributed by atoms with E-state index in [1.807, 2.05) is 24.1 Å². The van der Waals surface area contributed by atoms with E-state index in [4.69, 9.17) is 9.47 Å². The van der Waals surface area contributed by atoms with E-state index in [0.717, 1.165) is 41.9 Å². The Morgan fingerprint density at radius 3 is 2.20 bits per heavy atom. The number of morpholine rings is 1. The first kappa shape index (κ1) is 21.3. The average molecular weight is 473 g/mol. The summed E-state index contributed by atoms with van der Waals surface area (Å²) in [6.07, 6.45) is 1.43. The molecule has 5 nitrogen and oxygen atoms in total. The Morgan fingerprint density at radius 1 is 0.967 bits per heavy atom. The molecule has 2 fully saturated rings. The number of likely N-dealkylation sites (N-methyl/N-ethyl adjacent to an activating group) is 1. The van der Waals surface area contributed by atoms with Crippen LogP contribution >= 0.6 is 15.9 Å². The second kappa shape index (κ2) is 9.50. The largest absolute Gasteiger partial charge is 0.381 e. The lowest BCUT2D eigenvalue weighted by Gasteiger charge is -2.39. The van der Waals surface area contributed by atoms with Crippen LogP contribution in [0, 0.1) is 0 Å². The van der Waals surface area contributed by atoms with Gasteiger partial charge in [-0.2, -0.15) is 0 Å². The number of benzene rings is 2. The number of amides is 1. The van der Waals surface area contributed by atoms with Crippen LogP contribution in [0.15, 0.2) is 53.0 Å². The second-order valence-corrected chi connectivity index (χ2v) is 9.04. The molecule has 0 spiro atoms. The van der Waals surface area contributed by atoms with E-state index in [-0.39, 0.29) is 5.91 Å². The summed E-state index contributed by atoms with van der Waals surface area (Å²) in [4.78, 5) is 17.9. The summed E-state index contributed by atoms with van der Waals surface area (Å²) >= 11 is 3.50. The Kier molecular flexibility index (Phi) is 6.76. The van der Waals surface area contributed by atoms with E-state index in [9.17, 15) is 4.79 Å². The highest BCUT2D eigenvalue weighted by Gasteiger charge is 2.43. The molecule has 2 aromatic rings. The molecule has 2 aliphatic heterocycles. The highest BCUT2D eigenvalue weighted by molar-refractivity contribution is 9.10. The molecule has 0 saturated carbocycles. The Balaban J connectivity index is 1.49. The molecular formula is C24H29BrN2O3. The normalized spacial score (nSPS) is 18.8. The molecule has 6 heteroatoms. The topological polar surface area (TPSA) is 42.0 Å². The molecule has 0 N–H and O–H groups in total. The molecule has 0 bridgehead atoms. The third-order valence-electron chi connectivity index (χ3n) is 6.23. The van der Waals surface area contributed by atoms with Crippen LogP contribution in [0.4, 0.5) is 5.69 Å². The lowest BCUT2D eigenvalue weighted by Crippen LogP contribution is -2.48. The van der Waals surface area contributed by atoms with Crippen LogP contribution in [0.5, 0.6) is 0 Å². The zero-order valence-electron chi connectivity index (χ0n) is 17.5. The summed E-state index contributed by atoms with van der Waals surface area (Å²) in [5.41, 5.74) is 2.92. The van der Waals surface area contributed by atoms with Gasteiger partial charge in [-0.1, -0.05) is 40.2 Å². The highest BCUT2D eigenvalue weighted by Crippen LogP contribution is 2.37. The quantitative estimate of drug-likeness (QED) is 0.659. The van der Waals surface area contributed by atoms with Crippen molar-refractivity contribution in [3.8, 4) is 0 Å². The van der Waals surface area contributed by atoms with Crippen LogP contribution in [-0.4, -0.2) is 57.4 Å². The molecule has 0 aliphatic carbocycles. The van der Waals surface area contributed by atoms with Crippen LogP contribution in [-0.2, 0) is 26.2 Å². The first-order valence-electron chi connectivity index (χ1n) is 10.6.